The Morgan fingerprint density at radius 1 is 1.21 bits per heavy atom. The van der Waals surface area contributed by atoms with Crippen LogP contribution < -0.4 is 10.6 Å². The van der Waals surface area contributed by atoms with Crippen molar-refractivity contribution in [2.45, 2.75) is 64.5 Å². The first-order chi connectivity index (χ1) is 6.83. The SMILES string of the molecule is CCCCC(C)NCCCNC1CC1. The highest BCUT2D eigenvalue weighted by Gasteiger charge is 2.19. The molecular formula is C12H26N2. The van der Waals surface area contributed by atoms with Gasteiger partial charge in [-0.25, -0.2) is 0 Å². The lowest BCUT2D eigenvalue weighted by Gasteiger charge is -2.13. The molecule has 0 radical (unpaired) electrons. The van der Waals surface area contributed by atoms with Crippen LogP contribution in [0.5, 0.6) is 0 Å². The lowest BCUT2D eigenvalue weighted by molar-refractivity contribution is 0.482. The fourth-order valence-corrected chi connectivity index (χ4v) is 1.64. The van der Waals surface area contributed by atoms with Gasteiger partial charge in [0.2, 0.25) is 0 Å². The van der Waals surface area contributed by atoms with Gasteiger partial charge in [-0.1, -0.05) is 19.8 Å². The van der Waals surface area contributed by atoms with Crippen molar-refractivity contribution >= 4 is 0 Å². The summed E-state index contributed by atoms with van der Waals surface area (Å²) in [6.45, 7) is 6.92. The van der Waals surface area contributed by atoms with E-state index in [4.69, 9.17) is 0 Å². The Morgan fingerprint density at radius 3 is 2.64 bits per heavy atom. The van der Waals surface area contributed by atoms with Crippen LogP contribution in [-0.4, -0.2) is 25.2 Å². The van der Waals surface area contributed by atoms with Crippen LogP contribution in [-0.2, 0) is 0 Å². The number of rotatable bonds is 9. The molecule has 1 unspecified atom stereocenters. The van der Waals surface area contributed by atoms with Gasteiger partial charge < -0.3 is 10.6 Å². The fourth-order valence-electron chi connectivity index (χ4n) is 1.64. The van der Waals surface area contributed by atoms with Crippen molar-refractivity contribution in [1.82, 2.24) is 10.6 Å². The molecule has 1 aliphatic rings. The summed E-state index contributed by atoms with van der Waals surface area (Å²) in [6.07, 6.45) is 8.07. The minimum atomic E-state index is 0.705. The summed E-state index contributed by atoms with van der Waals surface area (Å²) in [5.74, 6) is 0. The molecule has 1 rings (SSSR count). The van der Waals surface area contributed by atoms with Crippen LogP contribution >= 0.6 is 0 Å². The van der Waals surface area contributed by atoms with E-state index in [0.717, 1.165) is 6.04 Å². The van der Waals surface area contributed by atoms with Gasteiger partial charge in [-0.15, -0.1) is 0 Å². The zero-order valence-electron chi connectivity index (χ0n) is 9.81. The standard InChI is InChI=1S/C12H26N2/c1-3-4-6-11(2)13-9-5-10-14-12-7-8-12/h11-14H,3-10H2,1-2H3. The van der Waals surface area contributed by atoms with Gasteiger partial charge in [0.25, 0.3) is 0 Å². The molecule has 0 spiro atoms. The minimum Gasteiger partial charge on any atom is -0.314 e. The molecule has 1 saturated carbocycles. The van der Waals surface area contributed by atoms with E-state index in [9.17, 15) is 0 Å². The topological polar surface area (TPSA) is 24.1 Å². The molecule has 0 bridgehead atoms. The lowest BCUT2D eigenvalue weighted by atomic mass is 10.1. The average molecular weight is 198 g/mol. The third kappa shape index (κ3) is 6.39. The molecule has 2 heteroatoms. The van der Waals surface area contributed by atoms with Gasteiger partial charge in [0.1, 0.15) is 0 Å². The van der Waals surface area contributed by atoms with E-state index in [2.05, 4.69) is 24.5 Å². The van der Waals surface area contributed by atoms with Gasteiger partial charge in [0, 0.05) is 12.1 Å². The molecule has 0 heterocycles. The van der Waals surface area contributed by atoms with Crippen LogP contribution in [0.15, 0.2) is 0 Å². The van der Waals surface area contributed by atoms with Crippen molar-refractivity contribution in [2.75, 3.05) is 13.1 Å². The van der Waals surface area contributed by atoms with Crippen molar-refractivity contribution in [3.8, 4) is 0 Å². The summed E-state index contributed by atoms with van der Waals surface area (Å²) in [7, 11) is 0. The first kappa shape index (κ1) is 12.0. The fraction of sp³-hybridized carbons (Fsp3) is 1.00. The van der Waals surface area contributed by atoms with Gasteiger partial charge in [0.15, 0.2) is 0 Å². The monoisotopic (exact) mass is 198 g/mol. The first-order valence-corrected chi connectivity index (χ1v) is 6.29. The molecule has 1 fully saturated rings. The molecular weight excluding hydrogens is 172 g/mol. The average Bonchev–Trinajstić information content (AvgIpc) is 2.98. The Balaban J connectivity index is 1.77. The highest BCUT2D eigenvalue weighted by atomic mass is 15.0. The predicted octanol–water partition coefficient (Wildman–Crippen LogP) is 2.30. The molecule has 0 aromatic rings. The summed E-state index contributed by atoms with van der Waals surface area (Å²) >= 11 is 0. The van der Waals surface area contributed by atoms with Gasteiger partial charge in [0.05, 0.1) is 0 Å². The number of nitrogens with one attached hydrogen (secondary N) is 2. The van der Waals surface area contributed by atoms with Crippen molar-refractivity contribution in [1.29, 1.82) is 0 Å². The molecule has 0 aliphatic heterocycles. The van der Waals surface area contributed by atoms with Crippen LogP contribution in [0, 0.1) is 0 Å². The van der Waals surface area contributed by atoms with E-state index in [1.54, 1.807) is 0 Å². The molecule has 1 aliphatic carbocycles. The van der Waals surface area contributed by atoms with Gasteiger partial charge in [-0.2, -0.15) is 0 Å². The normalized spacial score (nSPS) is 18.4. The maximum absolute atomic E-state index is 3.57. The summed E-state index contributed by atoms with van der Waals surface area (Å²) in [4.78, 5) is 0. The smallest absolute Gasteiger partial charge is 0.00682 e. The van der Waals surface area contributed by atoms with E-state index in [0.29, 0.717) is 6.04 Å². The second kappa shape index (κ2) is 7.24. The molecule has 0 amide bonds. The molecule has 0 saturated heterocycles. The van der Waals surface area contributed by atoms with Crippen LogP contribution in [0.3, 0.4) is 0 Å². The Labute approximate surface area is 88.8 Å². The van der Waals surface area contributed by atoms with Crippen LogP contribution in [0.4, 0.5) is 0 Å². The molecule has 2 N–H and O–H groups in total. The Kier molecular flexibility index (Phi) is 6.20. The van der Waals surface area contributed by atoms with Gasteiger partial charge in [-0.05, 0) is 45.7 Å². The highest BCUT2D eigenvalue weighted by molar-refractivity contribution is 4.80. The Morgan fingerprint density at radius 2 is 2.00 bits per heavy atom. The summed E-state index contributed by atoms with van der Waals surface area (Å²) in [5, 5.41) is 7.11. The second-order valence-electron chi connectivity index (χ2n) is 4.58. The highest BCUT2D eigenvalue weighted by Crippen LogP contribution is 2.18. The third-order valence-electron chi connectivity index (χ3n) is 2.85. The van der Waals surface area contributed by atoms with Gasteiger partial charge in [-0.3, -0.25) is 0 Å². The van der Waals surface area contributed by atoms with Crippen LogP contribution in [0.1, 0.15) is 52.4 Å². The lowest BCUT2D eigenvalue weighted by Crippen LogP contribution is -2.29. The Hall–Kier alpha value is -0.0800. The molecule has 0 aromatic heterocycles. The van der Waals surface area contributed by atoms with E-state index >= 15 is 0 Å². The van der Waals surface area contributed by atoms with Crippen molar-refractivity contribution in [3.63, 3.8) is 0 Å². The second-order valence-corrected chi connectivity index (χ2v) is 4.58. The maximum Gasteiger partial charge on any atom is 0.00682 e. The summed E-state index contributed by atoms with van der Waals surface area (Å²) < 4.78 is 0. The maximum atomic E-state index is 3.57. The molecule has 84 valence electrons. The predicted molar refractivity (Wildman–Crippen MR) is 62.6 cm³/mol. The summed E-state index contributed by atoms with van der Waals surface area (Å²) in [5.41, 5.74) is 0. The zero-order valence-corrected chi connectivity index (χ0v) is 9.81. The summed E-state index contributed by atoms with van der Waals surface area (Å²) in [6, 6.07) is 1.57. The zero-order chi connectivity index (χ0) is 10.2. The molecule has 1 atom stereocenters. The Bertz CT molecular complexity index is 132. The number of hydrogen-bond donors (Lipinski definition) is 2. The first-order valence-electron chi connectivity index (χ1n) is 6.29. The van der Waals surface area contributed by atoms with Crippen LogP contribution in [0.25, 0.3) is 0 Å². The quantitative estimate of drug-likeness (QED) is 0.556. The van der Waals surface area contributed by atoms with Gasteiger partial charge >= 0.3 is 0 Å². The van der Waals surface area contributed by atoms with E-state index < -0.39 is 0 Å². The number of hydrogen-bond acceptors (Lipinski definition) is 2. The number of unbranched alkanes of at least 4 members (excludes halogenated alkanes) is 1. The van der Waals surface area contributed by atoms with Crippen molar-refractivity contribution < 1.29 is 0 Å². The largest absolute Gasteiger partial charge is 0.314 e. The van der Waals surface area contributed by atoms with Crippen molar-refractivity contribution in [3.05, 3.63) is 0 Å². The minimum absolute atomic E-state index is 0.705. The van der Waals surface area contributed by atoms with E-state index in [1.165, 1.54) is 51.6 Å². The molecule has 14 heavy (non-hydrogen) atoms. The molecule has 0 aromatic carbocycles. The van der Waals surface area contributed by atoms with E-state index in [-0.39, 0.29) is 0 Å². The van der Waals surface area contributed by atoms with E-state index in [1.807, 2.05) is 0 Å². The molecule has 2 nitrogen and oxygen atoms in total. The third-order valence-corrected chi connectivity index (χ3v) is 2.85. The van der Waals surface area contributed by atoms with Crippen LogP contribution in [0.2, 0.25) is 0 Å². The van der Waals surface area contributed by atoms with Crippen molar-refractivity contribution in [2.24, 2.45) is 0 Å².